The van der Waals surface area contributed by atoms with Gasteiger partial charge in [-0.2, -0.15) is 0 Å². The van der Waals surface area contributed by atoms with Crippen LogP contribution in [0.25, 0.3) is 10.9 Å². The number of nitro benzene ring substituents is 1. The number of fused-ring (bicyclic) bond motifs is 1. The Hall–Kier alpha value is -3.97. The van der Waals surface area contributed by atoms with Crippen LogP contribution in [-0.4, -0.2) is 46.6 Å². The molecule has 1 aromatic heterocycles. The minimum absolute atomic E-state index is 0.0440. The van der Waals surface area contributed by atoms with Crippen LogP contribution in [0.15, 0.2) is 85.1 Å². The van der Waals surface area contributed by atoms with Crippen molar-refractivity contribution in [1.82, 2.24) is 9.47 Å². The molecule has 1 amide bonds. The second-order valence-corrected chi connectivity index (χ2v) is 8.82. The Morgan fingerprint density at radius 2 is 1.66 bits per heavy atom. The first-order chi connectivity index (χ1) is 17.1. The van der Waals surface area contributed by atoms with Crippen LogP contribution in [0.5, 0.6) is 0 Å². The number of aromatic nitrogens is 1. The molecule has 7 heteroatoms. The number of hydrogen-bond donors (Lipinski definition) is 0. The summed E-state index contributed by atoms with van der Waals surface area (Å²) in [7, 11) is 0. The number of nitro groups is 1. The zero-order chi connectivity index (χ0) is 24.2. The van der Waals surface area contributed by atoms with Crippen molar-refractivity contribution in [3.05, 3.63) is 112 Å². The Kier molecular flexibility index (Phi) is 6.59. The Labute approximate surface area is 203 Å². The number of carbonyl (C=O) groups excluding carboxylic acids is 1. The molecular weight excluding hydrogens is 442 g/mol. The molecule has 1 fully saturated rings. The lowest BCUT2D eigenvalue weighted by Gasteiger charge is -2.28. The second kappa shape index (κ2) is 10.1. The van der Waals surface area contributed by atoms with Gasteiger partial charge < -0.3 is 14.2 Å². The molecular formula is C28H27N3O4. The fraction of sp³-hybridized carbons (Fsp3) is 0.250. The van der Waals surface area contributed by atoms with Crippen LogP contribution in [0, 0.1) is 10.1 Å². The summed E-state index contributed by atoms with van der Waals surface area (Å²) in [6.45, 7) is 2.89. The Morgan fingerprint density at radius 3 is 2.34 bits per heavy atom. The van der Waals surface area contributed by atoms with Crippen LogP contribution in [-0.2, 0) is 16.1 Å². The quantitative estimate of drug-likeness (QED) is 0.283. The molecule has 0 bridgehead atoms. The first-order valence-electron chi connectivity index (χ1n) is 11.8. The molecule has 5 rings (SSSR count). The molecule has 3 aromatic carbocycles. The number of carbonyl (C=O) groups is 1. The number of nitrogens with zero attached hydrogens (tertiary/aromatic N) is 3. The van der Waals surface area contributed by atoms with Gasteiger partial charge in [0.2, 0.25) is 5.91 Å². The van der Waals surface area contributed by atoms with Crippen LogP contribution < -0.4 is 0 Å². The number of rotatable bonds is 7. The number of morpholine rings is 1. The molecule has 0 N–H and O–H groups in total. The summed E-state index contributed by atoms with van der Waals surface area (Å²) in [6, 6.07) is 25.0. The lowest BCUT2D eigenvalue weighted by Crippen LogP contribution is -2.41. The molecule has 1 aliphatic rings. The standard InChI is InChI=1S/C28H27N3O4/c32-28(29-13-15-35-16-14-29)18-24(22-9-5-2-6-10-22)26-20-30(19-21-7-3-1-4-8-21)27-12-11-23(31(33)34)17-25(26)27/h1-12,17,20,24H,13-16,18-19H2. The number of non-ortho nitro benzene ring substituents is 1. The van der Waals surface area contributed by atoms with Gasteiger partial charge >= 0.3 is 0 Å². The molecule has 7 nitrogen and oxygen atoms in total. The van der Waals surface area contributed by atoms with Crippen molar-refractivity contribution in [3.63, 3.8) is 0 Å². The maximum Gasteiger partial charge on any atom is 0.270 e. The molecule has 2 heterocycles. The summed E-state index contributed by atoms with van der Waals surface area (Å²) in [4.78, 5) is 26.4. The highest BCUT2D eigenvalue weighted by Crippen LogP contribution is 2.37. The summed E-state index contributed by atoms with van der Waals surface area (Å²) in [5, 5.41) is 12.4. The monoisotopic (exact) mass is 469 g/mol. The lowest BCUT2D eigenvalue weighted by molar-refractivity contribution is -0.384. The molecule has 1 unspecified atom stereocenters. The molecule has 35 heavy (non-hydrogen) atoms. The highest BCUT2D eigenvalue weighted by Gasteiger charge is 2.27. The van der Waals surface area contributed by atoms with Gasteiger partial charge in [0.05, 0.1) is 18.1 Å². The molecule has 178 valence electrons. The van der Waals surface area contributed by atoms with Crippen molar-refractivity contribution in [2.45, 2.75) is 18.9 Å². The Bertz CT molecular complexity index is 1330. The number of benzene rings is 3. The topological polar surface area (TPSA) is 77.6 Å². The summed E-state index contributed by atoms with van der Waals surface area (Å²) in [6.07, 6.45) is 2.35. The van der Waals surface area contributed by atoms with E-state index in [1.807, 2.05) is 59.5 Å². The van der Waals surface area contributed by atoms with Crippen LogP contribution in [0.4, 0.5) is 5.69 Å². The number of hydrogen-bond acceptors (Lipinski definition) is 4. The van der Waals surface area contributed by atoms with Gasteiger partial charge in [0.25, 0.3) is 5.69 Å². The molecule has 1 aliphatic heterocycles. The van der Waals surface area contributed by atoms with E-state index < -0.39 is 0 Å². The van der Waals surface area contributed by atoms with E-state index in [9.17, 15) is 14.9 Å². The highest BCUT2D eigenvalue weighted by molar-refractivity contribution is 5.88. The van der Waals surface area contributed by atoms with Gasteiger partial charge in [0.15, 0.2) is 0 Å². The lowest BCUT2D eigenvalue weighted by atomic mass is 9.87. The van der Waals surface area contributed by atoms with Crippen molar-refractivity contribution in [2.24, 2.45) is 0 Å². The zero-order valence-corrected chi connectivity index (χ0v) is 19.4. The van der Waals surface area contributed by atoms with E-state index in [-0.39, 0.29) is 28.9 Å². The van der Waals surface area contributed by atoms with Crippen molar-refractivity contribution in [2.75, 3.05) is 26.3 Å². The fourth-order valence-corrected chi connectivity index (χ4v) is 4.82. The molecule has 4 aromatic rings. The second-order valence-electron chi connectivity index (χ2n) is 8.82. The average Bonchev–Trinajstić information content (AvgIpc) is 3.26. The predicted molar refractivity (Wildman–Crippen MR) is 134 cm³/mol. The van der Waals surface area contributed by atoms with Crippen molar-refractivity contribution in [1.29, 1.82) is 0 Å². The van der Waals surface area contributed by atoms with E-state index in [4.69, 9.17) is 4.74 Å². The maximum atomic E-state index is 13.3. The van der Waals surface area contributed by atoms with Crippen molar-refractivity contribution >= 4 is 22.5 Å². The van der Waals surface area contributed by atoms with Gasteiger partial charge in [-0.1, -0.05) is 60.7 Å². The number of amides is 1. The highest BCUT2D eigenvalue weighted by atomic mass is 16.6. The third-order valence-corrected chi connectivity index (χ3v) is 6.62. The summed E-state index contributed by atoms with van der Waals surface area (Å²) >= 11 is 0. The van der Waals surface area contributed by atoms with E-state index in [1.54, 1.807) is 12.1 Å². The third kappa shape index (κ3) is 4.95. The largest absolute Gasteiger partial charge is 0.378 e. The molecule has 0 spiro atoms. The Balaban J connectivity index is 1.61. The SMILES string of the molecule is O=C(CC(c1ccccc1)c1cn(Cc2ccccc2)c2ccc([N+](=O)[O-])cc12)N1CCOCC1. The smallest absolute Gasteiger partial charge is 0.270 e. The fourth-order valence-electron chi connectivity index (χ4n) is 4.82. The van der Waals surface area contributed by atoms with Gasteiger partial charge in [0, 0.05) is 61.2 Å². The van der Waals surface area contributed by atoms with Crippen LogP contribution in [0.3, 0.4) is 0 Å². The zero-order valence-electron chi connectivity index (χ0n) is 19.4. The van der Waals surface area contributed by atoms with Gasteiger partial charge in [0.1, 0.15) is 0 Å². The van der Waals surface area contributed by atoms with Gasteiger partial charge in [-0.25, -0.2) is 0 Å². The van der Waals surface area contributed by atoms with Crippen molar-refractivity contribution in [3.8, 4) is 0 Å². The predicted octanol–water partition coefficient (Wildman–Crippen LogP) is 4.98. The Morgan fingerprint density at radius 1 is 0.971 bits per heavy atom. The average molecular weight is 470 g/mol. The molecule has 0 radical (unpaired) electrons. The van der Waals surface area contributed by atoms with Gasteiger partial charge in [-0.3, -0.25) is 14.9 Å². The van der Waals surface area contributed by atoms with Crippen LogP contribution in [0.2, 0.25) is 0 Å². The van der Waals surface area contributed by atoms with Crippen LogP contribution in [0.1, 0.15) is 29.0 Å². The minimum atomic E-state index is -0.367. The first kappa shape index (κ1) is 22.8. The third-order valence-electron chi connectivity index (χ3n) is 6.62. The molecule has 0 saturated carbocycles. The van der Waals surface area contributed by atoms with Gasteiger partial charge in [-0.15, -0.1) is 0 Å². The summed E-state index contributed by atoms with van der Waals surface area (Å²) in [5.74, 6) is -0.162. The van der Waals surface area contributed by atoms with Crippen molar-refractivity contribution < 1.29 is 14.5 Å². The summed E-state index contributed by atoms with van der Waals surface area (Å²) in [5.41, 5.74) is 4.03. The molecule has 1 saturated heterocycles. The van der Waals surface area contributed by atoms with E-state index in [0.29, 0.717) is 32.8 Å². The first-order valence-corrected chi connectivity index (χ1v) is 11.8. The molecule has 1 atom stereocenters. The molecule has 0 aliphatic carbocycles. The maximum absolute atomic E-state index is 13.3. The van der Waals surface area contributed by atoms with Gasteiger partial charge in [-0.05, 0) is 22.8 Å². The van der Waals surface area contributed by atoms with E-state index in [1.165, 1.54) is 0 Å². The minimum Gasteiger partial charge on any atom is -0.378 e. The number of ether oxygens (including phenoxy) is 1. The van der Waals surface area contributed by atoms with E-state index in [2.05, 4.69) is 22.9 Å². The summed E-state index contributed by atoms with van der Waals surface area (Å²) < 4.78 is 7.54. The van der Waals surface area contributed by atoms with Crippen LogP contribution >= 0.6 is 0 Å². The van der Waals surface area contributed by atoms with E-state index >= 15 is 0 Å². The van der Waals surface area contributed by atoms with E-state index in [0.717, 1.165) is 27.6 Å². The normalized spacial score (nSPS) is 14.7.